The van der Waals surface area contributed by atoms with Gasteiger partial charge in [0, 0.05) is 6.61 Å². The van der Waals surface area contributed by atoms with Gasteiger partial charge >= 0.3 is 5.97 Å². The van der Waals surface area contributed by atoms with Crippen LogP contribution in [0.2, 0.25) is 0 Å². The van der Waals surface area contributed by atoms with Gasteiger partial charge in [0.25, 0.3) is 0 Å². The number of carboxylic acid groups (broad SMARTS) is 1. The molecular formula is C10H13NO4. The van der Waals surface area contributed by atoms with Crippen LogP contribution < -0.4 is 0 Å². The third kappa shape index (κ3) is 1.74. The van der Waals surface area contributed by atoms with Crippen molar-refractivity contribution in [1.29, 1.82) is 0 Å². The molecule has 15 heavy (non-hydrogen) atoms. The molecule has 1 N–H and O–H groups in total. The zero-order chi connectivity index (χ0) is 11.0. The van der Waals surface area contributed by atoms with Crippen molar-refractivity contribution in [3.05, 3.63) is 17.3 Å². The Hall–Kier alpha value is -1.36. The van der Waals surface area contributed by atoms with Crippen LogP contribution in [-0.4, -0.2) is 22.7 Å². The molecule has 0 amide bonds. The van der Waals surface area contributed by atoms with Gasteiger partial charge in [0.15, 0.2) is 0 Å². The molecule has 0 aliphatic carbocycles. The quantitative estimate of drug-likeness (QED) is 0.807. The minimum Gasteiger partial charge on any atom is -0.475 e. The van der Waals surface area contributed by atoms with Gasteiger partial charge in [-0.2, -0.15) is 0 Å². The molecule has 5 heteroatoms. The summed E-state index contributed by atoms with van der Waals surface area (Å²) >= 11 is 0. The Morgan fingerprint density at radius 3 is 2.80 bits per heavy atom. The third-order valence-corrected chi connectivity index (χ3v) is 2.64. The van der Waals surface area contributed by atoms with Crippen LogP contribution >= 0.6 is 0 Å². The molecule has 1 aliphatic heterocycles. The number of aryl methyl sites for hydroxylation is 1. The second-order valence-electron chi connectivity index (χ2n) is 3.83. The van der Waals surface area contributed by atoms with Gasteiger partial charge in [-0.3, -0.25) is 0 Å². The fourth-order valence-corrected chi connectivity index (χ4v) is 1.75. The molecule has 5 nitrogen and oxygen atoms in total. The molecule has 0 saturated carbocycles. The van der Waals surface area contributed by atoms with Crippen molar-refractivity contribution in [3.8, 4) is 0 Å². The molecule has 2 atom stereocenters. The summed E-state index contributed by atoms with van der Waals surface area (Å²) in [5.74, 6) is -0.468. The molecule has 2 rings (SSSR count). The van der Waals surface area contributed by atoms with Crippen molar-refractivity contribution in [1.82, 2.24) is 4.98 Å². The fraction of sp³-hybridized carbons (Fsp3) is 0.600. The van der Waals surface area contributed by atoms with Crippen molar-refractivity contribution in [2.75, 3.05) is 6.61 Å². The van der Waals surface area contributed by atoms with E-state index in [0.29, 0.717) is 24.1 Å². The Morgan fingerprint density at radius 1 is 1.60 bits per heavy atom. The summed E-state index contributed by atoms with van der Waals surface area (Å²) in [4.78, 5) is 14.8. The van der Waals surface area contributed by atoms with E-state index in [2.05, 4.69) is 4.98 Å². The summed E-state index contributed by atoms with van der Waals surface area (Å²) in [5, 5.41) is 8.81. The van der Waals surface area contributed by atoms with E-state index in [1.54, 1.807) is 6.92 Å². The van der Waals surface area contributed by atoms with Crippen LogP contribution in [0, 0.1) is 12.8 Å². The molecule has 1 aliphatic rings. The van der Waals surface area contributed by atoms with E-state index in [9.17, 15) is 4.79 Å². The van der Waals surface area contributed by atoms with Gasteiger partial charge in [-0.15, -0.1) is 0 Å². The lowest BCUT2D eigenvalue weighted by atomic mass is 10.0. The minimum atomic E-state index is -1.09. The number of carbonyl (C=O) groups is 1. The molecule has 0 radical (unpaired) electrons. The Bertz CT molecular complexity index is 385. The molecule has 2 unspecified atom stereocenters. The monoisotopic (exact) mass is 211 g/mol. The molecule has 82 valence electrons. The first-order valence-corrected chi connectivity index (χ1v) is 4.92. The van der Waals surface area contributed by atoms with Crippen molar-refractivity contribution in [3.63, 3.8) is 0 Å². The summed E-state index contributed by atoms with van der Waals surface area (Å²) in [6.45, 7) is 4.34. The second-order valence-corrected chi connectivity index (χ2v) is 3.83. The van der Waals surface area contributed by atoms with Crippen LogP contribution in [0.5, 0.6) is 0 Å². The second kappa shape index (κ2) is 3.66. The maximum atomic E-state index is 10.8. The molecule has 1 aromatic rings. The zero-order valence-electron chi connectivity index (χ0n) is 8.69. The van der Waals surface area contributed by atoms with E-state index in [4.69, 9.17) is 14.3 Å². The summed E-state index contributed by atoms with van der Waals surface area (Å²) in [6, 6.07) is 0. The highest BCUT2D eigenvalue weighted by Gasteiger charge is 2.31. The number of hydrogen-bond donors (Lipinski definition) is 1. The van der Waals surface area contributed by atoms with E-state index in [0.717, 1.165) is 6.42 Å². The van der Waals surface area contributed by atoms with E-state index in [1.807, 2.05) is 6.92 Å². The van der Waals surface area contributed by atoms with Gasteiger partial charge in [0.1, 0.15) is 6.10 Å². The predicted octanol–water partition coefficient (Wildman–Crippen LogP) is 1.78. The van der Waals surface area contributed by atoms with Gasteiger partial charge in [-0.25, -0.2) is 9.78 Å². The highest BCUT2D eigenvalue weighted by molar-refractivity contribution is 5.85. The Balaban J connectivity index is 2.29. The number of rotatable bonds is 2. The first-order valence-electron chi connectivity index (χ1n) is 4.92. The first kappa shape index (κ1) is 10.2. The minimum absolute atomic E-state index is 0.0901. The average molecular weight is 211 g/mol. The summed E-state index contributed by atoms with van der Waals surface area (Å²) in [5.41, 5.74) is 0.403. The lowest BCUT2D eigenvalue weighted by molar-refractivity contribution is 0.0594. The van der Waals surface area contributed by atoms with E-state index in [1.165, 1.54) is 0 Å². The Kier molecular flexibility index (Phi) is 2.48. The topological polar surface area (TPSA) is 72.6 Å². The molecule has 0 bridgehead atoms. The van der Waals surface area contributed by atoms with Crippen molar-refractivity contribution < 1.29 is 19.1 Å². The average Bonchev–Trinajstić information content (AvgIpc) is 2.71. The predicted molar refractivity (Wildman–Crippen MR) is 50.7 cm³/mol. The molecule has 2 heterocycles. The lowest BCUT2D eigenvalue weighted by Crippen LogP contribution is -2.04. The Labute approximate surface area is 87.1 Å². The van der Waals surface area contributed by atoms with E-state index in [-0.39, 0.29) is 11.9 Å². The standard InChI is InChI=1S/C10H13NO4/c1-5-3-4-14-7(5)9-11-6(2)8(15-9)10(12)13/h5,7H,3-4H2,1-2H3,(H,12,13). The van der Waals surface area contributed by atoms with Gasteiger partial charge < -0.3 is 14.3 Å². The molecule has 1 aromatic heterocycles. The van der Waals surface area contributed by atoms with Gasteiger partial charge in [0.2, 0.25) is 11.7 Å². The summed E-state index contributed by atoms with van der Waals surface area (Å²) in [7, 11) is 0. The van der Waals surface area contributed by atoms with Crippen molar-refractivity contribution in [2.45, 2.75) is 26.4 Å². The van der Waals surface area contributed by atoms with Crippen LogP contribution in [-0.2, 0) is 4.74 Å². The fourth-order valence-electron chi connectivity index (χ4n) is 1.75. The molecule has 0 aromatic carbocycles. The van der Waals surface area contributed by atoms with Gasteiger partial charge in [0.05, 0.1) is 5.69 Å². The van der Waals surface area contributed by atoms with Crippen LogP contribution in [0.1, 0.15) is 41.6 Å². The normalized spacial score (nSPS) is 25.7. The summed E-state index contributed by atoms with van der Waals surface area (Å²) in [6.07, 6.45) is 0.755. The number of aromatic carboxylic acids is 1. The molecule has 1 saturated heterocycles. The van der Waals surface area contributed by atoms with Crippen molar-refractivity contribution >= 4 is 5.97 Å². The summed E-state index contributed by atoms with van der Waals surface area (Å²) < 4.78 is 10.6. The number of ether oxygens (including phenoxy) is 1. The van der Waals surface area contributed by atoms with Crippen LogP contribution in [0.15, 0.2) is 4.42 Å². The molecule has 1 fully saturated rings. The highest BCUT2D eigenvalue weighted by atomic mass is 16.5. The lowest BCUT2D eigenvalue weighted by Gasteiger charge is -2.08. The van der Waals surface area contributed by atoms with E-state index >= 15 is 0 Å². The highest BCUT2D eigenvalue weighted by Crippen LogP contribution is 2.34. The maximum absolute atomic E-state index is 10.8. The van der Waals surface area contributed by atoms with E-state index < -0.39 is 5.97 Å². The van der Waals surface area contributed by atoms with Crippen molar-refractivity contribution in [2.24, 2.45) is 5.92 Å². The van der Waals surface area contributed by atoms with Crippen LogP contribution in [0.3, 0.4) is 0 Å². The van der Waals surface area contributed by atoms with Gasteiger partial charge in [-0.1, -0.05) is 6.92 Å². The number of hydrogen-bond acceptors (Lipinski definition) is 4. The third-order valence-electron chi connectivity index (χ3n) is 2.64. The van der Waals surface area contributed by atoms with Gasteiger partial charge in [-0.05, 0) is 19.3 Å². The number of nitrogens with zero attached hydrogens (tertiary/aromatic N) is 1. The zero-order valence-corrected chi connectivity index (χ0v) is 8.69. The molecule has 0 spiro atoms. The first-order chi connectivity index (χ1) is 7.09. The maximum Gasteiger partial charge on any atom is 0.373 e. The molecular weight excluding hydrogens is 198 g/mol. The smallest absolute Gasteiger partial charge is 0.373 e. The van der Waals surface area contributed by atoms with Crippen LogP contribution in [0.25, 0.3) is 0 Å². The van der Waals surface area contributed by atoms with Crippen LogP contribution in [0.4, 0.5) is 0 Å². The number of aromatic nitrogens is 1. The Morgan fingerprint density at radius 2 is 2.33 bits per heavy atom. The number of carboxylic acids is 1. The largest absolute Gasteiger partial charge is 0.475 e. The number of oxazole rings is 1. The SMILES string of the molecule is Cc1nc(C2OCCC2C)oc1C(=O)O.